The minimum absolute atomic E-state index is 0.136. The van der Waals surface area contributed by atoms with E-state index in [4.69, 9.17) is 0 Å². The molecule has 1 aliphatic rings. The first-order valence-electron chi connectivity index (χ1n) is 6.71. The number of benzene rings is 1. The number of halogens is 1. The SMILES string of the molecule is CC1(C)CC(=O)C(=C(O)c2c(F)ccc3nnsc23)C(=O)C1. The summed E-state index contributed by atoms with van der Waals surface area (Å²) < 4.78 is 18.2. The molecule has 0 radical (unpaired) electrons. The van der Waals surface area contributed by atoms with E-state index in [1.54, 1.807) is 0 Å². The number of nitrogens with zero attached hydrogens (tertiary/aromatic N) is 2. The molecular formula is C15H13FN2O3S. The van der Waals surface area contributed by atoms with Crippen LogP contribution in [0, 0.1) is 11.2 Å². The van der Waals surface area contributed by atoms with Gasteiger partial charge in [-0.15, -0.1) is 5.10 Å². The number of aliphatic hydroxyl groups excluding tert-OH is 1. The predicted molar refractivity (Wildman–Crippen MR) is 80.0 cm³/mol. The molecule has 2 aromatic rings. The largest absolute Gasteiger partial charge is 0.506 e. The van der Waals surface area contributed by atoms with Crippen molar-refractivity contribution in [2.45, 2.75) is 26.7 Å². The van der Waals surface area contributed by atoms with Crippen molar-refractivity contribution in [3.63, 3.8) is 0 Å². The Hall–Kier alpha value is -2.15. The first kappa shape index (κ1) is 14.8. The Balaban J connectivity index is 2.22. The summed E-state index contributed by atoms with van der Waals surface area (Å²) in [5.74, 6) is -2.26. The number of Topliss-reactive ketones (excluding diaryl/α,β-unsaturated/α-hetero) is 2. The summed E-state index contributed by atoms with van der Waals surface area (Å²) in [5.41, 5.74) is -0.540. The van der Waals surface area contributed by atoms with E-state index in [1.807, 2.05) is 13.8 Å². The molecule has 0 amide bonds. The highest BCUT2D eigenvalue weighted by Crippen LogP contribution is 2.37. The summed E-state index contributed by atoms with van der Waals surface area (Å²) >= 11 is 0.905. The fourth-order valence-electron chi connectivity index (χ4n) is 2.70. The molecule has 22 heavy (non-hydrogen) atoms. The van der Waals surface area contributed by atoms with E-state index < -0.39 is 28.6 Å². The Kier molecular flexibility index (Phi) is 3.32. The second-order valence-electron chi connectivity index (χ2n) is 6.13. The van der Waals surface area contributed by atoms with Crippen molar-refractivity contribution in [2.75, 3.05) is 0 Å². The highest BCUT2D eigenvalue weighted by Gasteiger charge is 2.38. The molecule has 7 heteroatoms. The maximum Gasteiger partial charge on any atom is 0.170 e. The van der Waals surface area contributed by atoms with Crippen LogP contribution in [0.2, 0.25) is 0 Å². The number of aromatic nitrogens is 2. The maximum absolute atomic E-state index is 14.1. The molecule has 0 unspecified atom stereocenters. The van der Waals surface area contributed by atoms with Crippen LogP contribution in [0.3, 0.4) is 0 Å². The topological polar surface area (TPSA) is 80.2 Å². The average molecular weight is 320 g/mol. The average Bonchev–Trinajstić information content (AvgIpc) is 2.83. The molecule has 0 saturated heterocycles. The van der Waals surface area contributed by atoms with Gasteiger partial charge >= 0.3 is 0 Å². The normalized spacial score (nSPS) is 18.0. The van der Waals surface area contributed by atoms with Gasteiger partial charge in [-0.2, -0.15) is 0 Å². The number of hydrogen-bond acceptors (Lipinski definition) is 6. The van der Waals surface area contributed by atoms with Gasteiger partial charge in [-0.25, -0.2) is 4.39 Å². The van der Waals surface area contributed by atoms with Crippen molar-refractivity contribution in [1.29, 1.82) is 0 Å². The lowest BCUT2D eigenvalue weighted by Gasteiger charge is -2.28. The van der Waals surface area contributed by atoms with Gasteiger partial charge in [0, 0.05) is 12.8 Å². The number of carbonyl (C=O) groups is 2. The molecule has 0 spiro atoms. The molecule has 1 saturated carbocycles. The first-order chi connectivity index (χ1) is 10.3. The molecule has 1 aromatic carbocycles. The Morgan fingerprint density at radius 1 is 1.27 bits per heavy atom. The number of ketones is 2. The maximum atomic E-state index is 14.1. The molecule has 1 aromatic heterocycles. The Bertz CT molecular complexity index is 816. The molecule has 1 aliphatic carbocycles. The van der Waals surface area contributed by atoms with E-state index in [0.29, 0.717) is 10.2 Å². The zero-order chi connectivity index (χ0) is 16.1. The standard InChI is InChI=1S/C15H13FN2O3S/c1-15(2)5-9(19)12(10(20)6-15)13(21)11-7(16)3-4-8-14(11)22-18-17-8/h3-4,21H,5-6H2,1-2H3. The van der Waals surface area contributed by atoms with Crippen LogP contribution in [-0.4, -0.2) is 26.3 Å². The molecular weight excluding hydrogens is 307 g/mol. The van der Waals surface area contributed by atoms with Gasteiger partial charge in [0.2, 0.25) is 0 Å². The van der Waals surface area contributed by atoms with Crippen molar-refractivity contribution in [3.05, 3.63) is 29.1 Å². The monoisotopic (exact) mass is 320 g/mol. The Morgan fingerprint density at radius 2 is 1.91 bits per heavy atom. The Labute approximate surface area is 129 Å². The number of rotatable bonds is 1. The number of hydrogen-bond donors (Lipinski definition) is 1. The van der Waals surface area contributed by atoms with Crippen LogP contribution >= 0.6 is 11.5 Å². The van der Waals surface area contributed by atoms with Gasteiger partial charge in [-0.05, 0) is 29.1 Å². The van der Waals surface area contributed by atoms with Crippen molar-refractivity contribution >= 4 is 39.1 Å². The van der Waals surface area contributed by atoms with E-state index in [-0.39, 0.29) is 24.0 Å². The Morgan fingerprint density at radius 3 is 2.55 bits per heavy atom. The van der Waals surface area contributed by atoms with E-state index in [0.717, 1.165) is 17.6 Å². The number of fused-ring (bicyclic) bond motifs is 1. The van der Waals surface area contributed by atoms with Gasteiger partial charge < -0.3 is 5.11 Å². The van der Waals surface area contributed by atoms with Crippen molar-refractivity contribution < 1.29 is 19.1 Å². The molecule has 0 aliphatic heterocycles. The fraction of sp³-hybridized carbons (Fsp3) is 0.333. The second kappa shape index (κ2) is 4.95. The summed E-state index contributed by atoms with van der Waals surface area (Å²) in [7, 11) is 0. The molecule has 0 atom stereocenters. The van der Waals surface area contributed by atoms with Gasteiger partial charge in [-0.3, -0.25) is 9.59 Å². The summed E-state index contributed by atoms with van der Waals surface area (Å²) in [6, 6.07) is 2.57. The van der Waals surface area contributed by atoms with E-state index in [2.05, 4.69) is 9.59 Å². The van der Waals surface area contributed by atoms with Crippen LogP contribution in [0.15, 0.2) is 17.7 Å². The smallest absolute Gasteiger partial charge is 0.170 e. The van der Waals surface area contributed by atoms with Gasteiger partial charge in [0.05, 0.1) is 10.3 Å². The summed E-state index contributed by atoms with van der Waals surface area (Å²) in [4.78, 5) is 24.5. The van der Waals surface area contributed by atoms with Crippen LogP contribution in [0.4, 0.5) is 4.39 Å². The molecule has 1 fully saturated rings. The highest BCUT2D eigenvalue weighted by atomic mass is 32.1. The molecule has 1 N–H and O–H groups in total. The number of carbonyl (C=O) groups excluding carboxylic acids is 2. The van der Waals surface area contributed by atoms with Crippen LogP contribution in [0.5, 0.6) is 0 Å². The molecule has 5 nitrogen and oxygen atoms in total. The molecule has 114 valence electrons. The summed E-state index contributed by atoms with van der Waals surface area (Å²) in [6.07, 6.45) is 0.271. The van der Waals surface area contributed by atoms with Gasteiger partial charge in [-0.1, -0.05) is 18.3 Å². The first-order valence-corrected chi connectivity index (χ1v) is 7.48. The van der Waals surface area contributed by atoms with Gasteiger partial charge in [0.15, 0.2) is 11.6 Å². The lowest BCUT2D eigenvalue weighted by molar-refractivity contribution is -0.127. The van der Waals surface area contributed by atoms with Gasteiger partial charge in [0.1, 0.15) is 22.7 Å². The van der Waals surface area contributed by atoms with E-state index in [9.17, 15) is 19.1 Å². The lowest BCUT2D eigenvalue weighted by Crippen LogP contribution is -2.32. The molecule has 1 heterocycles. The van der Waals surface area contributed by atoms with E-state index in [1.165, 1.54) is 6.07 Å². The summed E-state index contributed by atoms with van der Waals surface area (Å²) in [6.45, 7) is 3.62. The van der Waals surface area contributed by atoms with Crippen LogP contribution in [-0.2, 0) is 9.59 Å². The minimum Gasteiger partial charge on any atom is -0.506 e. The lowest BCUT2D eigenvalue weighted by atomic mass is 9.73. The third-order valence-electron chi connectivity index (χ3n) is 3.68. The summed E-state index contributed by atoms with van der Waals surface area (Å²) in [5, 5.41) is 14.2. The molecule has 3 rings (SSSR count). The van der Waals surface area contributed by atoms with Crippen LogP contribution in [0.1, 0.15) is 32.3 Å². The van der Waals surface area contributed by atoms with Crippen molar-refractivity contribution in [1.82, 2.24) is 9.59 Å². The second-order valence-corrected chi connectivity index (χ2v) is 6.89. The minimum atomic E-state index is -0.714. The fourth-order valence-corrected chi connectivity index (χ4v) is 3.40. The number of aliphatic hydroxyl groups is 1. The zero-order valence-electron chi connectivity index (χ0n) is 12.0. The predicted octanol–water partition coefficient (Wildman–Crippen LogP) is 3.06. The quantitative estimate of drug-likeness (QED) is 0.496. The third-order valence-corrected chi connectivity index (χ3v) is 4.44. The van der Waals surface area contributed by atoms with Crippen molar-refractivity contribution in [3.8, 4) is 0 Å². The number of allylic oxidation sites excluding steroid dienone is 1. The zero-order valence-corrected chi connectivity index (χ0v) is 12.8. The van der Waals surface area contributed by atoms with Gasteiger partial charge in [0.25, 0.3) is 0 Å². The van der Waals surface area contributed by atoms with E-state index >= 15 is 0 Å². The van der Waals surface area contributed by atoms with Crippen LogP contribution < -0.4 is 0 Å². The molecule has 0 bridgehead atoms. The van der Waals surface area contributed by atoms with Crippen molar-refractivity contribution in [2.24, 2.45) is 5.41 Å². The van der Waals surface area contributed by atoms with Crippen LogP contribution in [0.25, 0.3) is 16.0 Å². The highest BCUT2D eigenvalue weighted by molar-refractivity contribution is 7.13. The third kappa shape index (κ3) is 2.31.